The number of ether oxygens (including phenoxy) is 1. The van der Waals surface area contributed by atoms with Gasteiger partial charge in [0.25, 0.3) is 0 Å². The van der Waals surface area contributed by atoms with Crippen molar-refractivity contribution in [2.24, 2.45) is 5.92 Å². The largest absolute Gasteiger partial charge is 0.492 e. The van der Waals surface area contributed by atoms with E-state index in [1.807, 2.05) is 37.3 Å². The Morgan fingerprint density at radius 1 is 1.17 bits per heavy atom. The lowest BCUT2D eigenvalue weighted by atomic mass is 9.75. The number of carbonyl (C=O) groups is 3. The van der Waals surface area contributed by atoms with Gasteiger partial charge in [-0.1, -0.05) is 37.3 Å². The van der Waals surface area contributed by atoms with Crippen LogP contribution < -0.4 is 4.74 Å². The lowest BCUT2D eigenvalue weighted by Gasteiger charge is -2.36. The van der Waals surface area contributed by atoms with Gasteiger partial charge >= 0.3 is 0 Å². The van der Waals surface area contributed by atoms with Gasteiger partial charge in [-0.3, -0.25) is 24.3 Å². The molecule has 0 spiro atoms. The van der Waals surface area contributed by atoms with Gasteiger partial charge in [0, 0.05) is 38.7 Å². The average molecular weight is 494 g/mol. The van der Waals surface area contributed by atoms with E-state index in [0.717, 1.165) is 12.8 Å². The zero-order valence-corrected chi connectivity index (χ0v) is 20.8. The van der Waals surface area contributed by atoms with Gasteiger partial charge in [-0.15, -0.1) is 0 Å². The summed E-state index contributed by atoms with van der Waals surface area (Å²) in [6, 6.07) is 12.8. The Bertz CT molecular complexity index is 1040. The Morgan fingerprint density at radius 3 is 2.58 bits per heavy atom. The van der Waals surface area contributed by atoms with Crippen LogP contribution in [0.4, 0.5) is 0 Å². The maximum Gasteiger partial charge on any atom is 0.240 e. The molecule has 2 fully saturated rings. The number of aliphatic hydroxyl groups excluding tert-OH is 1. The minimum Gasteiger partial charge on any atom is -0.492 e. The first kappa shape index (κ1) is 25.8. The van der Waals surface area contributed by atoms with Crippen LogP contribution in [0.25, 0.3) is 0 Å². The molecule has 4 rings (SSSR count). The van der Waals surface area contributed by atoms with E-state index >= 15 is 0 Å². The van der Waals surface area contributed by atoms with Crippen LogP contribution in [-0.2, 0) is 19.8 Å². The number of likely N-dealkylation sites (tertiary alicyclic amines) is 2. The third-order valence-electron chi connectivity index (χ3n) is 7.47. The molecule has 2 atom stereocenters. The van der Waals surface area contributed by atoms with Crippen molar-refractivity contribution in [1.29, 1.82) is 0 Å². The lowest BCUT2D eigenvalue weighted by molar-refractivity contribution is -0.143. The molecular weight excluding hydrogens is 458 g/mol. The molecule has 0 aliphatic carbocycles. The van der Waals surface area contributed by atoms with Crippen LogP contribution in [0.2, 0.25) is 0 Å². The summed E-state index contributed by atoms with van der Waals surface area (Å²) in [6.07, 6.45) is 5.56. The molecule has 2 aromatic rings. The van der Waals surface area contributed by atoms with Crippen LogP contribution in [0, 0.1) is 5.92 Å². The molecule has 36 heavy (non-hydrogen) atoms. The van der Waals surface area contributed by atoms with Gasteiger partial charge in [0.15, 0.2) is 0 Å². The molecule has 1 N–H and O–H groups in total. The summed E-state index contributed by atoms with van der Waals surface area (Å²) in [5.41, 5.74) is -0.499. The SMILES string of the molecule is CC[C@@H](O)C1CCN(C(=O)C[C@@]2(c3ccccc3)CC(=O)N(CCCOc3cccnc3)C2=O)CC1. The van der Waals surface area contributed by atoms with Gasteiger partial charge < -0.3 is 14.7 Å². The van der Waals surface area contributed by atoms with E-state index < -0.39 is 5.41 Å². The highest BCUT2D eigenvalue weighted by atomic mass is 16.5. The number of pyridine rings is 1. The number of piperidine rings is 1. The van der Waals surface area contributed by atoms with Crippen LogP contribution in [0.1, 0.15) is 51.0 Å². The number of rotatable bonds is 10. The first-order chi connectivity index (χ1) is 17.4. The fraction of sp³-hybridized carbons (Fsp3) is 0.500. The van der Waals surface area contributed by atoms with E-state index in [9.17, 15) is 19.5 Å². The third-order valence-corrected chi connectivity index (χ3v) is 7.47. The van der Waals surface area contributed by atoms with Crippen molar-refractivity contribution in [2.75, 3.05) is 26.2 Å². The van der Waals surface area contributed by atoms with E-state index in [4.69, 9.17) is 4.74 Å². The molecule has 0 unspecified atom stereocenters. The van der Waals surface area contributed by atoms with Crippen molar-refractivity contribution in [3.63, 3.8) is 0 Å². The number of hydrogen-bond donors (Lipinski definition) is 1. The monoisotopic (exact) mass is 493 g/mol. The molecule has 8 nitrogen and oxygen atoms in total. The van der Waals surface area contributed by atoms with Gasteiger partial charge in [-0.05, 0) is 49.3 Å². The number of aromatic nitrogens is 1. The molecule has 0 bridgehead atoms. The van der Waals surface area contributed by atoms with Crippen LogP contribution in [0.15, 0.2) is 54.9 Å². The maximum atomic E-state index is 13.8. The van der Waals surface area contributed by atoms with Crippen LogP contribution >= 0.6 is 0 Å². The molecule has 8 heteroatoms. The topological polar surface area (TPSA) is 100 Å². The number of amides is 3. The Hall–Kier alpha value is -3.26. The quantitative estimate of drug-likeness (QED) is 0.404. The summed E-state index contributed by atoms with van der Waals surface area (Å²) in [5, 5.41) is 10.2. The third kappa shape index (κ3) is 5.59. The molecule has 1 aromatic carbocycles. The van der Waals surface area contributed by atoms with E-state index in [1.165, 1.54) is 4.90 Å². The van der Waals surface area contributed by atoms with Crippen LogP contribution in [-0.4, -0.2) is 70.0 Å². The van der Waals surface area contributed by atoms with E-state index in [2.05, 4.69) is 4.98 Å². The highest BCUT2D eigenvalue weighted by Crippen LogP contribution is 2.40. The summed E-state index contributed by atoms with van der Waals surface area (Å²) >= 11 is 0. The minimum atomic E-state index is -1.20. The molecule has 2 aliphatic rings. The van der Waals surface area contributed by atoms with Crippen LogP contribution in [0.3, 0.4) is 0 Å². The normalized spacial score (nSPS) is 21.6. The molecule has 1 aromatic heterocycles. The second-order valence-electron chi connectivity index (χ2n) is 9.74. The van der Waals surface area contributed by atoms with Gasteiger partial charge in [-0.25, -0.2) is 0 Å². The van der Waals surface area contributed by atoms with Gasteiger partial charge in [0.1, 0.15) is 5.75 Å². The molecule has 3 heterocycles. The van der Waals surface area contributed by atoms with E-state index in [0.29, 0.717) is 43.9 Å². The number of aliphatic hydroxyl groups is 1. The Balaban J connectivity index is 1.44. The highest BCUT2D eigenvalue weighted by molar-refractivity contribution is 6.10. The van der Waals surface area contributed by atoms with Crippen molar-refractivity contribution >= 4 is 17.7 Å². The first-order valence-electron chi connectivity index (χ1n) is 12.8. The summed E-state index contributed by atoms with van der Waals surface area (Å²) in [4.78, 5) is 47.3. The second-order valence-corrected chi connectivity index (χ2v) is 9.74. The second kappa shape index (κ2) is 11.6. The van der Waals surface area contributed by atoms with Gasteiger partial charge in [0.05, 0.1) is 24.3 Å². The fourth-order valence-corrected chi connectivity index (χ4v) is 5.33. The first-order valence-corrected chi connectivity index (χ1v) is 12.8. The smallest absolute Gasteiger partial charge is 0.240 e. The Morgan fingerprint density at radius 2 is 1.92 bits per heavy atom. The summed E-state index contributed by atoms with van der Waals surface area (Å²) in [5.74, 6) is 0.135. The molecule has 0 saturated carbocycles. The lowest BCUT2D eigenvalue weighted by Crippen LogP contribution is -2.46. The maximum absolute atomic E-state index is 13.8. The molecular formula is C28H35N3O5. The minimum absolute atomic E-state index is 0.0178. The van der Waals surface area contributed by atoms with Crippen LogP contribution in [0.5, 0.6) is 5.75 Å². The van der Waals surface area contributed by atoms with Gasteiger partial charge in [-0.2, -0.15) is 0 Å². The summed E-state index contributed by atoms with van der Waals surface area (Å²) < 4.78 is 5.66. The number of hydrogen-bond acceptors (Lipinski definition) is 6. The highest BCUT2D eigenvalue weighted by Gasteiger charge is 2.54. The Labute approximate surface area is 212 Å². The average Bonchev–Trinajstić information content (AvgIpc) is 3.16. The summed E-state index contributed by atoms with van der Waals surface area (Å²) in [7, 11) is 0. The predicted octanol–water partition coefficient (Wildman–Crippen LogP) is 2.95. The number of benzene rings is 1. The van der Waals surface area contributed by atoms with Crippen molar-refractivity contribution < 1.29 is 24.2 Å². The molecule has 3 amide bonds. The van der Waals surface area contributed by atoms with Crippen molar-refractivity contribution in [1.82, 2.24) is 14.8 Å². The van der Waals surface area contributed by atoms with Crippen molar-refractivity contribution in [3.05, 3.63) is 60.4 Å². The number of imide groups is 1. The van der Waals surface area contributed by atoms with Crippen molar-refractivity contribution in [3.8, 4) is 5.75 Å². The van der Waals surface area contributed by atoms with E-state index in [1.54, 1.807) is 29.4 Å². The zero-order valence-electron chi connectivity index (χ0n) is 20.8. The molecule has 2 aliphatic heterocycles. The number of carbonyl (C=O) groups excluding carboxylic acids is 3. The fourth-order valence-electron chi connectivity index (χ4n) is 5.33. The molecule has 192 valence electrons. The van der Waals surface area contributed by atoms with Gasteiger partial charge in [0.2, 0.25) is 17.7 Å². The standard InChI is InChI=1S/C28H35N3O5/c1-2-24(32)21-11-15-30(16-12-21)25(33)18-28(22-8-4-3-5-9-22)19-26(34)31(27(28)35)14-7-17-36-23-10-6-13-29-20-23/h3-6,8-10,13,20-21,24,32H,2,7,11-12,14-19H2,1H3/t24-,28+/m1/s1. The Kier molecular flexibility index (Phi) is 8.36. The summed E-state index contributed by atoms with van der Waals surface area (Å²) in [6.45, 7) is 3.66. The van der Waals surface area contributed by atoms with Crippen molar-refractivity contribution in [2.45, 2.75) is 57.0 Å². The molecule has 2 saturated heterocycles. The predicted molar refractivity (Wildman–Crippen MR) is 134 cm³/mol. The van der Waals surface area contributed by atoms with E-state index in [-0.39, 0.29) is 49.1 Å². The zero-order chi connectivity index (χ0) is 25.5. The number of nitrogens with zero attached hydrogens (tertiary/aromatic N) is 3. The molecule has 0 radical (unpaired) electrons.